The molecule has 0 saturated heterocycles. The molecule has 5 heteroatoms. The summed E-state index contributed by atoms with van der Waals surface area (Å²) in [4.78, 5) is 25.7. The molecule has 0 saturated carbocycles. The van der Waals surface area contributed by atoms with E-state index >= 15 is 0 Å². The second-order valence-corrected chi connectivity index (χ2v) is 13.3. The van der Waals surface area contributed by atoms with Gasteiger partial charge in [0.25, 0.3) is 0 Å². The van der Waals surface area contributed by atoms with Crippen LogP contribution in [0.2, 0.25) is 0 Å². The Labute approximate surface area is 213 Å². The van der Waals surface area contributed by atoms with E-state index in [0.29, 0.717) is 17.6 Å². The quantitative estimate of drug-likeness (QED) is 0.253. The number of allylic oxidation sites excluding steroid dienone is 2. The molecule has 0 aliphatic heterocycles. The van der Waals surface area contributed by atoms with Crippen LogP contribution >= 0.6 is 7.26 Å². The third kappa shape index (κ3) is 4.90. The first-order valence-electron chi connectivity index (χ1n) is 12.4. The van der Waals surface area contributed by atoms with E-state index in [-0.39, 0.29) is 22.7 Å². The number of aliphatic hydroxyl groups excluding tert-OH is 2. The van der Waals surface area contributed by atoms with E-state index in [1.807, 2.05) is 18.2 Å². The first-order chi connectivity index (χ1) is 17.5. The summed E-state index contributed by atoms with van der Waals surface area (Å²) in [5.74, 6) is -0.644. The molecule has 36 heavy (non-hydrogen) atoms. The van der Waals surface area contributed by atoms with Crippen LogP contribution < -0.4 is 15.9 Å². The van der Waals surface area contributed by atoms with Crippen LogP contribution in [-0.4, -0.2) is 41.2 Å². The van der Waals surface area contributed by atoms with Crippen molar-refractivity contribution in [2.45, 2.75) is 26.2 Å². The van der Waals surface area contributed by atoms with E-state index in [9.17, 15) is 19.8 Å². The number of Topliss-reactive ketones (excluding diaryl/α,β-unsaturated/α-hetero) is 2. The summed E-state index contributed by atoms with van der Waals surface area (Å²) in [5, 5.41) is 23.3. The van der Waals surface area contributed by atoms with Gasteiger partial charge >= 0.3 is 213 Å². The van der Waals surface area contributed by atoms with Gasteiger partial charge in [-0.1, -0.05) is 0 Å². The molecule has 3 aromatic carbocycles. The average Bonchev–Trinajstić information content (AvgIpc) is 2.93. The molecule has 4 nitrogen and oxygen atoms in total. The van der Waals surface area contributed by atoms with E-state index < -0.39 is 20.5 Å². The van der Waals surface area contributed by atoms with Crippen molar-refractivity contribution in [3.63, 3.8) is 0 Å². The molecule has 186 valence electrons. The zero-order valence-corrected chi connectivity index (χ0v) is 21.6. The second kappa shape index (κ2) is 11.7. The molecule has 0 spiro atoms. The summed E-state index contributed by atoms with van der Waals surface area (Å²) >= 11 is 0. The summed E-state index contributed by atoms with van der Waals surface area (Å²) < 4.78 is 0. The maximum atomic E-state index is 13.0. The van der Waals surface area contributed by atoms with Gasteiger partial charge in [-0.05, 0) is 0 Å². The first kappa shape index (κ1) is 25.9. The summed E-state index contributed by atoms with van der Waals surface area (Å²) in [7, 11) is -2.35. The van der Waals surface area contributed by atoms with Gasteiger partial charge in [-0.25, -0.2) is 0 Å². The molecule has 3 aromatic rings. The standard InChI is InChI=1S/C31H33O4P/c1-23-27(31(35)29(22-33)28(21-32)30(23)34)19-11-12-20-36(24-13-5-2-6-14-24,25-15-7-3-8-16-25)26-17-9-4-10-18-26/h2-10,13-18,32-33,36H,11-12,19-22H2,1H3. The van der Waals surface area contributed by atoms with Gasteiger partial charge in [-0.15, -0.1) is 0 Å². The molecule has 0 amide bonds. The van der Waals surface area contributed by atoms with Gasteiger partial charge < -0.3 is 0 Å². The molecule has 0 heterocycles. The number of ketones is 2. The fourth-order valence-corrected chi connectivity index (χ4v) is 10.3. The van der Waals surface area contributed by atoms with Gasteiger partial charge in [0.05, 0.1) is 0 Å². The monoisotopic (exact) mass is 500 g/mol. The Morgan fingerprint density at radius 1 is 0.583 bits per heavy atom. The van der Waals surface area contributed by atoms with Crippen LogP contribution in [0.25, 0.3) is 0 Å². The van der Waals surface area contributed by atoms with E-state index in [1.165, 1.54) is 15.9 Å². The van der Waals surface area contributed by atoms with E-state index in [4.69, 9.17) is 0 Å². The maximum absolute atomic E-state index is 13.0. The summed E-state index contributed by atoms with van der Waals surface area (Å²) in [6, 6.07) is 32.2. The Morgan fingerprint density at radius 2 is 1.00 bits per heavy atom. The molecule has 0 bridgehead atoms. The van der Waals surface area contributed by atoms with Gasteiger partial charge in [-0.3, -0.25) is 0 Å². The number of unbranched alkanes of at least 4 members (excludes halogenated alkanes) is 1. The zero-order valence-electron chi connectivity index (χ0n) is 20.6. The average molecular weight is 501 g/mol. The Balaban J connectivity index is 1.64. The van der Waals surface area contributed by atoms with Gasteiger partial charge in [0.2, 0.25) is 0 Å². The van der Waals surface area contributed by atoms with Gasteiger partial charge in [0, 0.05) is 0 Å². The second-order valence-electron chi connectivity index (χ2n) is 9.25. The van der Waals surface area contributed by atoms with Crippen molar-refractivity contribution in [1.82, 2.24) is 0 Å². The summed E-state index contributed by atoms with van der Waals surface area (Å²) in [5.41, 5.74) is 0.906. The van der Waals surface area contributed by atoms with Crippen LogP contribution in [0.15, 0.2) is 113 Å². The van der Waals surface area contributed by atoms with Crippen LogP contribution in [-0.2, 0) is 9.59 Å². The Kier molecular flexibility index (Phi) is 8.43. The van der Waals surface area contributed by atoms with Crippen LogP contribution in [0.1, 0.15) is 26.2 Å². The van der Waals surface area contributed by atoms with Crippen LogP contribution in [0.4, 0.5) is 0 Å². The van der Waals surface area contributed by atoms with Crippen LogP contribution in [0.5, 0.6) is 0 Å². The van der Waals surface area contributed by atoms with Gasteiger partial charge in [0.1, 0.15) is 0 Å². The molecular formula is C31H33O4P. The van der Waals surface area contributed by atoms with Gasteiger partial charge in [-0.2, -0.15) is 0 Å². The van der Waals surface area contributed by atoms with Crippen molar-refractivity contribution < 1.29 is 19.8 Å². The summed E-state index contributed by atoms with van der Waals surface area (Å²) in [6.07, 6.45) is 3.07. The van der Waals surface area contributed by atoms with E-state index in [0.717, 1.165) is 19.0 Å². The number of aliphatic hydroxyl groups is 2. The molecule has 0 atom stereocenters. The summed E-state index contributed by atoms with van der Waals surface area (Å²) in [6.45, 7) is 0.573. The Hall–Kier alpha value is -3.17. The van der Waals surface area contributed by atoms with Crippen molar-refractivity contribution in [3.8, 4) is 0 Å². The topological polar surface area (TPSA) is 74.6 Å². The number of hydrogen-bond donors (Lipinski definition) is 2. The van der Waals surface area contributed by atoms with Crippen molar-refractivity contribution in [2.24, 2.45) is 0 Å². The predicted molar refractivity (Wildman–Crippen MR) is 149 cm³/mol. The number of hydrogen-bond acceptors (Lipinski definition) is 4. The number of carbonyl (C=O) groups is 2. The fraction of sp³-hybridized carbons (Fsp3) is 0.226. The fourth-order valence-electron chi connectivity index (χ4n) is 5.42. The molecule has 1 aliphatic rings. The number of rotatable bonds is 10. The van der Waals surface area contributed by atoms with Crippen molar-refractivity contribution in [1.29, 1.82) is 0 Å². The molecule has 0 fully saturated rings. The van der Waals surface area contributed by atoms with Crippen LogP contribution in [0.3, 0.4) is 0 Å². The van der Waals surface area contributed by atoms with E-state index in [2.05, 4.69) is 72.8 Å². The molecule has 2 N–H and O–H groups in total. The third-order valence-corrected chi connectivity index (χ3v) is 12.4. The van der Waals surface area contributed by atoms with E-state index in [1.54, 1.807) is 6.92 Å². The first-order valence-corrected chi connectivity index (χ1v) is 14.6. The third-order valence-electron chi connectivity index (χ3n) is 7.32. The molecular weight excluding hydrogens is 467 g/mol. The molecule has 0 unspecified atom stereocenters. The van der Waals surface area contributed by atoms with Gasteiger partial charge in [0.15, 0.2) is 0 Å². The predicted octanol–water partition coefficient (Wildman–Crippen LogP) is 3.63. The van der Waals surface area contributed by atoms with Crippen molar-refractivity contribution >= 4 is 34.7 Å². The molecule has 1 aliphatic carbocycles. The Bertz CT molecular complexity index is 1180. The molecule has 4 rings (SSSR count). The zero-order chi connectivity index (χ0) is 25.5. The van der Waals surface area contributed by atoms with Crippen molar-refractivity contribution in [3.05, 3.63) is 113 Å². The molecule has 0 radical (unpaired) electrons. The molecule has 0 aromatic heterocycles. The number of carbonyl (C=O) groups excluding carboxylic acids is 2. The SMILES string of the molecule is CC1=C(CCCC[PH](c2ccccc2)(c2ccccc2)c2ccccc2)C(=O)C(CO)=C(CO)C1=O. The van der Waals surface area contributed by atoms with Crippen LogP contribution in [0, 0.1) is 0 Å². The minimum atomic E-state index is -2.35. The number of benzene rings is 3. The minimum absolute atomic E-state index is 0.0207. The normalized spacial score (nSPS) is 15.0. The van der Waals surface area contributed by atoms with Crippen molar-refractivity contribution in [2.75, 3.05) is 19.4 Å². The Morgan fingerprint density at radius 3 is 1.42 bits per heavy atom.